The lowest BCUT2D eigenvalue weighted by Gasteiger charge is -2.30. The second kappa shape index (κ2) is 10.7. The van der Waals surface area contributed by atoms with Gasteiger partial charge in [0.25, 0.3) is 0 Å². The van der Waals surface area contributed by atoms with Gasteiger partial charge >= 0.3 is 0 Å². The topological polar surface area (TPSA) is 33.7 Å². The first kappa shape index (κ1) is 22.6. The lowest BCUT2D eigenvalue weighted by Crippen LogP contribution is -2.24. The number of nitrogens with one attached hydrogen (secondary N) is 1. The van der Waals surface area contributed by atoms with Crippen LogP contribution in [0.3, 0.4) is 0 Å². The summed E-state index contributed by atoms with van der Waals surface area (Å²) in [5.74, 6) is 4.29. The Bertz CT molecular complexity index is 878. The number of unbranched alkanes of at least 4 members (excludes halogenated alkanes) is 1. The van der Waals surface area contributed by atoms with Crippen molar-refractivity contribution in [3.8, 4) is 23.8 Å². The van der Waals surface area contributed by atoms with E-state index in [9.17, 15) is 0 Å². The summed E-state index contributed by atoms with van der Waals surface area (Å²) >= 11 is 1.62. The zero-order valence-corrected chi connectivity index (χ0v) is 18.6. The molecular formula is C24H30N2O2S. The summed E-state index contributed by atoms with van der Waals surface area (Å²) in [4.78, 5) is 3.30. The van der Waals surface area contributed by atoms with Gasteiger partial charge in [0.2, 0.25) is 6.79 Å². The third kappa shape index (κ3) is 5.65. The van der Waals surface area contributed by atoms with Crippen molar-refractivity contribution >= 4 is 11.8 Å². The van der Waals surface area contributed by atoms with Crippen molar-refractivity contribution in [1.82, 2.24) is 10.2 Å². The maximum atomic E-state index is 5.54. The highest BCUT2D eigenvalue weighted by Gasteiger charge is 2.20. The number of fused-ring (bicyclic) bond motifs is 1. The van der Waals surface area contributed by atoms with Crippen molar-refractivity contribution in [2.75, 3.05) is 20.4 Å². The van der Waals surface area contributed by atoms with Crippen molar-refractivity contribution < 1.29 is 9.47 Å². The van der Waals surface area contributed by atoms with Crippen LogP contribution in [0.2, 0.25) is 0 Å². The molecule has 1 aromatic rings. The Morgan fingerprint density at radius 2 is 2.03 bits per heavy atom. The summed E-state index contributed by atoms with van der Waals surface area (Å²) in [5, 5.41) is 4.15. The minimum Gasteiger partial charge on any atom is -0.454 e. The number of allylic oxidation sites excluding steroid dienone is 4. The molecule has 0 saturated heterocycles. The number of rotatable bonds is 10. The molecule has 1 heterocycles. The van der Waals surface area contributed by atoms with Gasteiger partial charge in [-0.05, 0) is 56.5 Å². The summed E-state index contributed by atoms with van der Waals surface area (Å²) in [6.07, 6.45) is 10.9. The number of hydrogen-bond acceptors (Lipinski definition) is 5. The SMILES string of the molecule is C#CCCCN(C(=C)Sc1cc2c(cc1C)OCO2)C(=C/C=C)/C(C)=C(\C)NC. The van der Waals surface area contributed by atoms with Gasteiger partial charge in [-0.3, -0.25) is 0 Å². The Morgan fingerprint density at radius 3 is 2.66 bits per heavy atom. The predicted molar refractivity (Wildman–Crippen MR) is 123 cm³/mol. The molecule has 0 fully saturated rings. The lowest BCUT2D eigenvalue weighted by atomic mass is 10.1. The maximum absolute atomic E-state index is 5.54. The molecule has 154 valence electrons. The van der Waals surface area contributed by atoms with Gasteiger partial charge in [0.15, 0.2) is 11.5 Å². The fraction of sp³-hybridized carbons (Fsp3) is 0.333. The van der Waals surface area contributed by atoms with E-state index in [-0.39, 0.29) is 6.79 Å². The van der Waals surface area contributed by atoms with Crippen LogP contribution in [-0.4, -0.2) is 25.3 Å². The molecule has 0 amide bonds. The van der Waals surface area contributed by atoms with Crippen LogP contribution in [0.4, 0.5) is 0 Å². The van der Waals surface area contributed by atoms with Crippen LogP contribution in [0.15, 0.2) is 64.3 Å². The lowest BCUT2D eigenvalue weighted by molar-refractivity contribution is 0.174. The van der Waals surface area contributed by atoms with Crippen molar-refractivity contribution in [3.05, 3.63) is 65.0 Å². The number of hydrogen-bond donors (Lipinski definition) is 1. The largest absolute Gasteiger partial charge is 0.454 e. The van der Waals surface area contributed by atoms with Crippen LogP contribution in [-0.2, 0) is 0 Å². The molecule has 0 aromatic heterocycles. The van der Waals surface area contributed by atoms with Crippen LogP contribution < -0.4 is 14.8 Å². The molecule has 0 saturated carbocycles. The molecule has 0 radical (unpaired) electrons. The molecular weight excluding hydrogens is 380 g/mol. The van der Waals surface area contributed by atoms with E-state index < -0.39 is 0 Å². The van der Waals surface area contributed by atoms with Gasteiger partial charge < -0.3 is 19.7 Å². The van der Waals surface area contributed by atoms with E-state index in [0.29, 0.717) is 6.42 Å². The number of benzene rings is 1. The highest BCUT2D eigenvalue weighted by Crippen LogP contribution is 2.41. The van der Waals surface area contributed by atoms with Crippen molar-refractivity contribution in [3.63, 3.8) is 0 Å². The van der Waals surface area contributed by atoms with E-state index in [0.717, 1.165) is 56.9 Å². The van der Waals surface area contributed by atoms with Crippen LogP contribution >= 0.6 is 11.8 Å². The van der Waals surface area contributed by atoms with Crippen LogP contribution in [0.25, 0.3) is 0 Å². The van der Waals surface area contributed by atoms with Gasteiger partial charge in [-0.2, -0.15) is 0 Å². The van der Waals surface area contributed by atoms with Crippen LogP contribution in [0.5, 0.6) is 11.5 Å². The number of ether oxygens (including phenoxy) is 2. The maximum Gasteiger partial charge on any atom is 0.231 e. The quantitative estimate of drug-likeness (QED) is 0.235. The zero-order valence-electron chi connectivity index (χ0n) is 17.8. The monoisotopic (exact) mass is 410 g/mol. The molecule has 5 heteroatoms. The Morgan fingerprint density at radius 1 is 1.34 bits per heavy atom. The molecule has 0 bridgehead atoms. The molecule has 4 nitrogen and oxygen atoms in total. The van der Waals surface area contributed by atoms with Crippen LogP contribution in [0, 0.1) is 19.3 Å². The second-order valence-corrected chi connectivity index (χ2v) is 7.83. The molecule has 1 aliphatic rings. The van der Waals surface area contributed by atoms with Crippen molar-refractivity contribution in [1.29, 1.82) is 0 Å². The standard InChI is InChI=1S/C24H30N2O2S/c1-8-10-11-13-26(21(12-9-2)18(4)19(5)25-7)20(6)29-24-15-23-22(14-17(24)3)27-16-28-23/h1,9,12,14-15,25H,2,6,10-11,13,16H2,3-5,7H3/b19-18+,21-12+. The van der Waals surface area contributed by atoms with Gasteiger partial charge in [-0.1, -0.05) is 31.0 Å². The molecule has 0 aliphatic carbocycles. The molecule has 2 rings (SSSR count). The number of thioether (sulfide) groups is 1. The van der Waals surface area contributed by atoms with Crippen LogP contribution in [0.1, 0.15) is 32.3 Å². The number of nitrogens with zero attached hydrogens (tertiary/aromatic N) is 1. The number of terminal acetylenes is 1. The summed E-state index contributed by atoms with van der Waals surface area (Å²) in [6.45, 7) is 15.5. The zero-order chi connectivity index (χ0) is 21.4. The van der Waals surface area contributed by atoms with Gasteiger partial charge in [-0.25, -0.2) is 0 Å². The first-order chi connectivity index (χ1) is 13.9. The molecule has 0 spiro atoms. The van der Waals surface area contributed by atoms with Gasteiger partial charge in [0.1, 0.15) is 0 Å². The average Bonchev–Trinajstić information content (AvgIpc) is 3.16. The highest BCUT2D eigenvalue weighted by molar-refractivity contribution is 8.03. The van der Waals surface area contributed by atoms with Crippen molar-refractivity contribution in [2.24, 2.45) is 0 Å². The second-order valence-electron chi connectivity index (χ2n) is 6.71. The van der Waals surface area contributed by atoms with E-state index in [4.69, 9.17) is 15.9 Å². The molecule has 29 heavy (non-hydrogen) atoms. The summed E-state index contributed by atoms with van der Waals surface area (Å²) in [6, 6.07) is 4.03. The Kier molecular flexibility index (Phi) is 8.35. The van der Waals surface area contributed by atoms with E-state index in [1.165, 1.54) is 0 Å². The normalized spacial score (nSPS) is 13.4. The van der Waals surface area contributed by atoms with Gasteiger partial charge in [-0.15, -0.1) is 12.3 Å². The summed E-state index contributed by atoms with van der Waals surface area (Å²) < 4.78 is 11.0. The fourth-order valence-electron chi connectivity index (χ4n) is 2.94. The molecule has 0 unspecified atom stereocenters. The van der Waals surface area contributed by atoms with Gasteiger partial charge in [0, 0.05) is 36.3 Å². The van der Waals surface area contributed by atoms with E-state index in [1.807, 2.05) is 25.3 Å². The van der Waals surface area contributed by atoms with Crippen molar-refractivity contribution in [2.45, 2.75) is 38.5 Å². The number of aryl methyl sites for hydroxylation is 1. The van der Waals surface area contributed by atoms with E-state index in [2.05, 4.69) is 50.1 Å². The molecule has 1 aromatic carbocycles. The van der Waals surface area contributed by atoms with E-state index in [1.54, 1.807) is 17.8 Å². The molecule has 0 atom stereocenters. The third-order valence-electron chi connectivity index (χ3n) is 4.79. The predicted octanol–water partition coefficient (Wildman–Crippen LogP) is 5.59. The Hall–Kier alpha value is -2.71. The average molecular weight is 411 g/mol. The fourth-order valence-corrected chi connectivity index (χ4v) is 3.88. The summed E-state index contributed by atoms with van der Waals surface area (Å²) in [5.41, 5.74) is 4.41. The van der Waals surface area contributed by atoms with Gasteiger partial charge in [0.05, 0.1) is 5.03 Å². The smallest absolute Gasteiger partial charge is 0.231 e. The summed E-state index contributed by atoms with van der Waals surface area (Å²) in [7, 11) is 1.92. The molecule has 1 N–H and O–H groups in total. The Labute approximate surface area is 179 Å². The minimum atomic E-state index is 0.265. The minimum absolute atomic E-state index is 0.265. The Balaban J connectivity index is 2.35. The third-order valence-corrected chi connectivity index (χ3v) is 5.91. The first-order valence-electron chi connectivity index (χ1n) is 9.59. The van der Waals surface area contributed by atoms with E-state index >= 15 is 0 Å². The molecule has 1 aliphatic heterocycles. The highest BCUT2D eigenvalue weighted by atomic mass is 32.2. The first-order valence-corrected chi connectivity index (χ1v) is 10.4.